The SMILES string of the molecule is CCCCCCCCCCCCCCCC(=O)Nc1ccccc1C(=O)Nc1cccc(C(=O)O)c1. The highest BCUT2D eigenvalue weighted by atomic mass is 16.4. The molecule has 0 aromatic heterocycles. The summed E-state index contributed by atoms with van der Waals surface area (Å²) in [6, 6.07) is 12.9. The van der Waals surface area contributed by atoms with Crippen LogP contribution in [0.5, 0.6) is 0 Å². The normalized spacial score (nSPS) is 10.7. The fraction of sp³-hybridized carbons (Fsp3) is 0.500. The molecule has 0 fully saturated rings. The maximum atomic E-state index is 12.8. The Morgan fingerprint density at radius 3 is 1.89 bits per heavy atom. The van der Waals surface area contributed by atoms with E-state index in [2.05, 4.69) is 17.6 Å². The van der Waals surface area contributed by atoms with Crippen molar-refractivity contribution >= 4 is 29.2 Å². The van der Waals surface area contributed by atoms with E-state index in [-0.39, 0.29) is 11.5 Å². The van der Waals surface area contributed by atoms with E-state index < -0.39 is 11.9 Å². The van der Waals surface area contributed by atoms with Crippen molar-refractivity contribution in [2.75, 3.05) is 10.6 Å². The fourth-order valence-electron chi connectivity index (χ4n) is 4.23. The van der Waals surface area contributed by atoms with Gasteiger partial charge in [0.15, 0.2) is 0 Å². The van der Waals surface area contributed by atoms with Gasteiger partial charge in [-0.05, 0) is 36.8 Å². The molecule has 2 rings (SSSR count). The molecule has 2 amide bonds. The summed E-state index contributed by atoms with van der Waals surface area (Å²) in [5.41, 5.74) is 1.25. The molecular weight excluding hydrogens is 452 g/mol. The summed E-state index contributed by atoms with van der Waals surface area (Å²) in [5.74, 6) is -1.58. The van der Waals surface area contributed by atoms with Crippen LogP contribution in [0.4, 0.5) is 11.4 Å². The van der Waals surface area contributed by atoms with Gasteiger partial charge < -0.3 is 15.7 Å². The number of carboxylic acid groups (broad SMARTS) is 1. The van der Waals surface area contributed by atoms with Crippen LogP contribution in [0.2, 0.25) is 0 Å². The Labute approximate surface area is 215 Å². The van der Waals surface area contributed by atoms with Gasteiger partial charge in [-0.15, -0.1) is 0 Å². The Kier molecular flexibility index (Phi) is 14.0. The summed E-state index contributed by atoms with van der Waals surface area (Å²) in [6.07, 6.45) is 16.8. The van der Waals surface area contributed by atoms with Crippen molar-refractivity contribution < 1.29 is 19.5 Å². The highest BCUT2D eigenvalue weighted by molar-refractivity contribution is 6.10. The van der Waals surface area contributed by atoms with Crippen LogP contribution in [0, 0.1) is 0 Å². The van der Waals surface area contributed by atoms with E-state index in [1.807, 2.05) is 0 Å². The van der Waals surface area contributed by atoms with Crippen molar-refractivity contribution in [2.45, 2.75) is 96.8 Å². The van der Waals surface area contributed by atoms with E-state index in [0.29, 0.717) is 23.4 Å². The van der Waals surface area contributed by atoms with Gasteiger partial charge in [-0.1, -0.05) is 102 Å². The second-order valence-electron chi connectivity index (χ2n) is 9.43. The number of unbranched alkanes of at least 4 members (excludes halogenated alkanes) is 12. The molecule has 0 heterocycles. The number of rotatable bonds is 18. The number of carbonyl (C=O) groups excluding carboxylic acids is 2. The maximum absolute atomic E-state index is 12.8. The summed E-state index contributed by atoms with van der Waals surface area (Å²) >= 11 is 0. The van der Waals surface area contributed by atoms with Crippen molar-refractivity contribution in [1.82, 2.24) is 0 Å². The minimum absolute atomic E-state index is 0.0900. The Balaban J connectivity index is 1.65. The first-order valence-corrected chi connectivity index (χ1v) is 13.5. The Morgan fingerprint density at radius 1 is 0.694 bits per heavy atom. The maximum Gasteiger partial charge on any atom is 0.335 e. The van der Waals surface area contributed by atoms with Crippen molar-refractivity contribution in [3.05, 3.63) is 59.7 Å². The topological polar surface area (TPSA) is 95.5 Å². The lowest BCUT2D eigenvalue weighted by molar-refractivity contribution is -0.116. The molecule has 0 spiro atoms. The average Bonchev–Trinajstić information content (AvgIpc) is 2.87. The lowest BCUT2D eigenvalue weighted by atomic mass is 10.0. The molecule has 0 aliphatic rings. The fourth-order valence-corrected chi connectivity index (χ4v) is 4.23. The predicted octanol–water partition coefficient (Wildman–Crippen LogP) is 8.06. The lowest BCUT2D eigenvalue weighted by Gasteiger charge is -2.12. The first-order chi connectivity index (χ1) is 17.5. The summed E-state index contributed by atoms with van der Waals surface area (Å²) in [5, 5.41) is 14.7. The predicted molar refractivity (Wildman–Crippen MR) is 147 cm³/mol. The average molecular weight is 495 g/mol. The van der Waals surface area contributed by atoms with Gasteiger partial charge in [0.25, 0.3) is 5.91 Å². The molecule has 2 aromatic rings. The van der Waals surface area contributed by atoms with E-state index in [4.69, 9.17) is 5.11 Å². The van der Waals surface area contributed by atoms with E-state index >= 15 is 0 Å². The Morgan fingerprint density at radius 2 is 1.28 bits per heavy atom. The largest absolute Gasteiger partial charge is 0.478 e. The quantitative estimate of drug-likeness (QED) is 0.183. The monoisotopic (exact) mass is 494 g/mol. The number of benzene rings is 2. The summed E-state index contributed by atoms with van der Waals surface area (Å²) in [7, 11) is 0. The molecule has 0 aliphatic heterocycles. The van der Waals surface area contributed by atoms with Crippen LogP contribution < -0.4 is 10.6 Å². The molecule has 196 valence electrons. The molecule has 6 heteroatoms. The molecule has 0 aliphatic carbocycles. The van der Waals surface area contributed by atoms with Crippen LogP contribution in [-0.2, 0) is 4.79 Å². The van der Waals surface area contributed by atoms with Crippen LogP contribution >= 0.6 is 0 Å². The minimum atomic E-state index is -1.06. The molecule has 0 unspecified atom stereocenters. The van der Waals surface area contributed by atoms with Gasteiger partial charge >= 0.3 is 5.97 Å². The Bertz CT molecular complexity index is 957. The van der Waals surface area contributed by atoms with Gasteiger partial charge in [0.1, 0.15) is 0 Å². The number of anilines is 2. The Hall–Kier alpha value is -3.15. The van der Waals surface area contributed by atoms with Crippen molar-refractivity contribution in [2.24, 2.45) is 0 Å². The third-order valence-electron chi connectivity index (χ3n) is 6.32. The molecule has 0 atom stereocenters. The lowest BCUT2D eigenvalue weighted by Crippen LogP contribution is -2.18. The van der Waals surface area contributed by atoms with Crippen LogP contribution in [-0.4, -0.2) is 22.9 Å². The van der Waals surface area contributed by atoms with Crippen LogP contribution in [0.25, 0.3) is 0 Å². The van der Waals surface area contributed by atoms with Crippen LogP contribution in [0.3, 0.4) is 0 Å². The van der Waals surface area contributed by atoms with Crippen molar-refractivity contribution in [3.8, 4) is 0 Å². The third-order valence-corrected chi connectivity index (χ3v) is 6.32. The van der Waals surface area contributed by atoms with Gasteiger partial charge in [-0.2, -0.15) is 0 Å². The van der Waals surface area contributed by atoms with E-state index in [9.17, 15) is 14.4 Å². The summed E-state index contributed by atoms with van der Waals surface area (Å²) in [4.78, 5) is 36.4. The minimum Gasteiger partial charge on any atom is -0.478 e. The number of carbonyl (C=O) groups is 3. The molecule has 3 N–H and O–H groups in total. The molecule has 0 bridgehead atoms. The van der Waals surface area contributed by atoms with Crippen molar-refractivity contribution in [1.29, 1.82) is 0 Å². The number of amides is 2. The first kappa shape index (κ1) is 29.1. The molecule has 2 aromatic carbocycles. The standard InChI is InChI=1S/C30H42N2O4/c1-2-3-4-5-6-7-8-9-10-11-12-13-14-22-28(33)32-27-21-16-15-20-26(27)29(34)31-25-19-17-18-24(23-25)30(35)36/h15-21,23H,2-14,22H2,1H3,(H,31,34)(H,32,33)(H,35,36). The highest BCUT2D eigenvalue weighted by Crippen LogP contribution is 2.19. The number of hydrogen-bond acceptors (Lipinski definition) is 3. The summed E-state index contributed by atoms with van der Waals surface area (Å²) < 4.78 is 0. The van der Waals surface area contributed by atoms with E-state index in [1.54, 1.807) is 36.4 Å². The van der Waals surface area contributed by atoms with Gasteiger partial charge in [-0.25, -0.2) is 4.79 Å². The number of nitrogens with one attached hydrogen (secondary N) is 2. The molecule has 0 saturated carbocycles. The number of aromatic carboxylic acids is 1. The molecular formula is C30H42N2O4. The van der Waals surface area contributed by atoms with Gasteiger partial charge in [-0.3, -0.25) is 9.59 Å². The zero-order valence-electron chi connectivity index (χ0n) is 21.7. The molecule has 0 radical (unpaired) electrons. The van der Waals surface area contributed by atoms with Gasteiger partial charge in [0.2, 0.25) is 5.91 Å². The smallest absolute Gasteiger partial charge is 0.335 e. The number of carboxylic acids is 1. The second-order valence-corrected chi connectivity index (χ2v) is 9.43. The van der Waals surface area contributed by atoms with E-state index in [0.717, 1.165) is 19.3 Å². The van der Waals surface area contributed by atoms with Crippen LogP contribution in [0.1, 0.15) is 118 Å². The van der Waals surface area contributed by atoms with Crippen LogP contribution in [0.15, 0.2) is 48.5 Å². The third kappa shape index (κ3) is 11.5. The van der Waals surface area contributed by atoms with Gasteiger partial charge in [0.05, 0.1) is 16.8 Å². The number of hydrogen-bond donors (Lipinski definition) is 3. The number of para-hydroxylation sites is 1. The van der Waals surface area contributed by atoms with Gasteiger partial charge in [0, 0.05) is 12.1 Å². The second kappa shape index (κ2) is 17.3. The summed E-state index contributed by atoms with van der Waals surface area (Å²) in [6.45, 7) is 2.25. The molecule has 0 saturated heterocycles. The zero-order valence-corrected chi connectivity index (χ0v) is 21.7. The highest BCUT2D eigenvalue weighted by Gasteiger charge is 2.14. The van der Waals surface area contributed by atoms with Crippen molar-refractivity contribution in [3.63, 3.8) is 0 Å². The zero-order chi connectivity index (χ0) is 26.0. The molecule has 36 heavy (non-hydrogen) atoms. The molecule has 6 nitrogen and oxygen atoms in total. The van der Waals surface area contributed by atoms with E-state index in [1.165, 1.54) is 76.3 Å². The first-order valence-electron chi connectivity index (χ1n) is 13.5.